The Balaban J connectivity index is 0. The summed E-state index contributed by atoms with van der Waals surface area (Å²) in [4.78, 5) is 0. The molecule has 0 heterocycles. The fourth-order valence-electron chi connectivity index (χ4n) is 0. The Morgan fingerprint density at radius 1 is 1.14 bits per heavy atom. The average Bonchev–Trinajstić information content (AvgIpc) is 1.35. The Bertz CT molecular complexity index is 37.8. The molecule has 0 amide bonds. The monoisotopic (exact) mass is 215 g/mol. The molecule has 0 radical (unpaired) electrons. The first kappa shape index (κ1) is 10.6. The lowest BCUT2D eigenvalue weighted by atomic mass is 10.6. The minimum Gasteiger partial charge on any atom is -1.00 e. The van der Waals surface area contributed by atoms with Gasteiger partial charge in [-0.15, -0.1) is 0 Å². The van der Waals surface area contributed by atoms with E-state index in [1.165, 1.54) is 6.54 Å². The minimum absolute atomic E-state index is 0. The summed E-state index contributed by atoms with van der Waals surface area (Å²) in [6, 6.07) is 0. The van der Waals surface area contributed by atoms with Gasteiger partial charge in [-0.3, -0.25) is 0 Å². The summed E-state index contributed by atoms with van der Waals surface area (Å²) in [6.45, 7) is 3.39. The van der Waals surface area contributed by atoms with Crippen molar-refractivity contribution in [3.63, 3.8) is 0 Å². The third-order valence-corrected chi connectivity index (χ3v) is 0.949. The lowest BCUT2D eigenvalue weighted by Crippen LogP contribution is -3.00. The van der Waals surface area contributed by atoms with Crippen LogP contribution in [0.4, 0.5) is 0 Å². The molecule has 0 aromatic heterocycles. The highest BCUT2D eigenvalue weighted by molar-refractivity contribution is 4.06. The Labute approximate surface area is 63.3 Å². The van der Waals surface area contributed by atoms with Gasteiger partial charge in [0, 0.05) is 0 Å². The van der Waals surface area contributed by atoms with E-state index in [9.17, 15) is 0 Å². The maximum Gasteiger partial charge on any atom is 0.0751 e. The second kappa shape index (κ2) is 3.66. The standard InChI is InChI=1S/C5H14N.HI/c1-5-6(2,3)4;/h5H2,1-4H3;1H/q+1;/p-1. The van der Waals surface area contributed by atoms with Crippen molar-refractivity contribution in [2.75, 3.05) is 27.7 Å². The van der Waals surface area contributed by atoms with Gasteiger partial charge < -0.3 is 28.5 Å². The van der Waals surface area contributed by atoms with Crippen molar-refractivity contribution in [1.29, 1.82) is 0 Å². The quantitative estimate of drug-likeness (QED) is 0.341. The number of rotatable bonds is 1. The van der Waals surface area contributed by atoms with Gasteiger partial charge in [0.05, 0.1) is 27.7 Å². The summed E-state index contributed by atoms with van der Waals surface area (Å²) in [7, 11) is 6.54. The zero-order valence-corrected chi connectivity index (χ0v) is 7.69. The summed E-state index contributed by atoms with van der Waals surface area (Å²) >= 11 is 0. The largest absolute Gasteiger partial charge is 1.00 e. The molecular weight excluding hydrogens is 201 g/mol. The van der Waals surface area contributed by atoms with E-state index in [1.807, 2.05) is 0 Å². The molecule has 46 valence electrons. The Morgan fingerprint density at radius 2 is 1.29 bits per heavy atom. The maximum atomic E-state index is 2.18. The van der Waals surface area contributed by atoms with E-state index >= 15 is 0 Å². The van der Waals surface area contributed by atoms with Crippen LogP contribution in [0.15, 0.2) is 0 Å². The van der Waals surface area contributed by atoms with Crippen molar-refractivity contribution in [1.82, 2.24) is 0 Å². The van der Waals surface area contributed by atoms with E-state index in [0.717, 1.165) is 4.48 Å². The Kier molecular flexibility index (Phi) is 5.56. The predicted octanol–water partition coefficient (Wildman–Crippen LogP) is -2.28. The normalized spacial score (nSPS) is 10.3. The molecule has 0 aromatic carbocycles. The first-order valence-corrected chi connectivity index (χ1v) is 2.36. The van der Waals surface area contributed by atoms with Crippen molar-refractivity contribution >= 4 is 0 Å². The van der Waals surface area contributed by atoms with Gasteiger partial charge in [-0.05, 0) is 6.92 Å². The molecule has 0 aliphatic heterocycles. The van der Waals surface area contributed by atoms with Crippen LogP contribution in [0, 0.1) is 0 Å². The van der Waals surface area contributed by atoms with Crippen molar-refractivity contribution < 1.29 is 28.5 Å². The number of hydrogen-bond donors (Lipinski definition) is 0. The van der Waals surface area contributed by atoms with Gasteiger partial charge in [-0.25, -0.2) is 0 Å². The van der Waals surface area contributed by atoms with E-state index in [4.69, 9.17) is 0 Å². The van der Waals surface area contributed by atoms with E-state index < -0.39 is 0 Å². The van der Waals surface area contributed by atoms with Gasteiger partial charge in [0.2, 0.25) is 0 Å². The fraction of sp³-hybridized carbons (Fsp3) is 1.00. The molecule has 0 rings (SSSR count). The van der Waals surface area contributed by atoms with E-state index in [2.05, 4.69) is 28.1 Å². The van der Waals surface area contributed by atoms with Crippen molar-refractivity contribution in [2.45, 2.75) is 6.92 Å². The molecule has 2 heteroatoms. The minimum atomic E-state index is 0. The fourth-order valence-corrected chi connectivity index (χ4v) is 0. The molecule has 7 heavy (non-hydrogen) atoms. The van der Waals surface area contributed by atoms with E-state index in [1.54, 1.807) is 0 Å². The highest BCUT2D eigenvalue weighted by atomic mass is 127. The van der Waals surface area contributed by atoms with Gasteiger partial charge in [0.15, 0.2) is 0 Å². The molecule has 0 spiro atoms. The van der Waals surface area contributed by atoms with Crippen LogP contribution in [-0.2, 0) is 0 Å². The molecule has 0 aromatic rings. The molecule has 0 fully saturated rings. The maximum absolute atomic E-state index is 2.18. The van der Waals surface area contributed by atoms with Crippen LogP contribution in [0.3, 0.4) is 0 Å². The topological polar surface area (TPSA) is 0 Å². The van der Waals surface area contributed by atoms with Gasteiger partial charge in [-0.2, -0.15) is 0 Å². The van der Waals surface area contributed by atoms with Gasteiger partial charge >= 0.3 is 0 Å². The highest BCUT2D eigenvalue weighted by Crippen LogP contribution is 1.83. The van der Waals surface area contributed by atoms with Crippen LogP contribution in [0.2, 0.25) is 0 Å². The first-order chi connectivity index (χ1) is 2.56. The average molecular weight is 215 g/mol. The van der Waals surface area contributed by atoms with Crippen molar-refractivity contribution in [2.24, 2.45) is 0 Å². The van der Waals surface area contributed by atoms with Gasteiger partial charge in [0.1, 0.15) is 0 Å². The summed E-state index contributed by atoms with van der Waals surface area (Å²) < 4.78 is 1.07. The molecule has 0 saturated carbocycles. The van der Waals surface area contributed by atoms with Gasteiger partial charge in [-0.1, -0.05) is 0 Å². The molecule has 0 unspecified atom stereocenters. The summed E-state index contributed by atoms with van der Waals surface area (Å²) in [5, 5.41) is 0. The molecular formula is C5H14IN. The van der Waals surface area contributed by atoms with E-state index in [-0.39, 0.29) is 24.0 Å². The van der Waals surface area contributed by atoms with Crippen LogP contribution in [0.5, 0.6) is 0 Å². The molecule has 0 N–H and O–H groups in total. The molecule has 0 aliphatic carbocycles. The summed E-state index contributed by atoms with van der Waals surface area (Å²) in [5.41, 5.74) is 0. The zero-order chi connectivity index (χ0) is 5.21. The van der Waals surface area contributed by atoms with Crippen LogP contribution < -0.4 is 24.0 Å². The van der Waals surface area contributed by atoms with Crippen LogP contribution in [0.25, 0.3) is 0 Å². The Hall–Kier alpha value is 0.690. The number of halogens is 1. The smallest absolute Gasteiger partial charge is 0.0751 e. The van der Waals surface area contributed by atoms with Crippen LogP contribution >= 0.6 is 0 Å². The van der Waals surface area contributed by atoms with Crippen LogP contribution in [-0.4, -0.2) is 32.2 Å². The summed E-state index contributed by atoms with van der Waals surface area (Å²) in [6.07, 6.45) is 0. The third-order valence-electron chi connectivity index (χ3n) is 0.949. The first-order valence-electron chi connectivity index (χ1n) is 2.36. The summed E-state index contributed by atoms with van der Waals surface area (Å²) in [5.74, 6) is 0. The molecule has 0 aliphatic rings. The van der Waals surface area contributed by atoms with Crippen molar-refractivity contribution in [3.8, 4) is 0 Å². The van der Waals surface area contributed by atoms with Crippen molar-refractivity contribution in [3.05, 3.63) is 0 Å². The Morgan fingerprint density at radius 3 is 1.29 bits per heavy atom. The zero-order valence-electron chi connectivity index (χ0n) is 5.53. The highest BCUT2D eigenvalue weighted by Gasteiger charge is 1.97. The lowest BCUT2D eigenvalue weighted by Gasteiger charge is -2.20. The lowest BCUT2D eigenvalue weighted by molar-refractivity contribution is -0.868. The third kappa shape index (κ3) is 10.8. The molecule has 0 saturated heterocycles. The molecule has 0 bridgehead atoms. The number of nitrogens with zero attached hydrogens (tertiary/aromatic N) is 1. The predicted molar refractivity (Wildman–Crippen MR) is 28.6 cm³/mol. The number of hydrogen-bond acceptors (Lipinski definition) is 0. The van der Waals surface area contributed by atoms with Crippen LogP contribution in [0.1, 0.15) is 6.92 Å². The second-order valence-electron chi connectivity index (χ2n) is 2.61. The molecule has 0 atom stereocenters. The van der Waals surface area contributed by atoms with E-state index in [0.29, 0.717) is 0 Å². The van der Waals surface area contributed by atoms with Gasteiger partial charge in [0.25, 0.3) is 0 Å². The SMILES string of the molecule is CC[N+](C)(C)C.[I-]. The molecule has 1 nitrogen and oxygen atoms in total. The number of quaternary nitrogens is 1. The second-order valence-corrected chi connectivity index (χ2v) is 2.61.